The first-order chi connectivity index (χ1) is 12.2. The van der Waals surface area contributed by atoms with Crippen LogP contribution in [0.1, 0.15) is 24.1 Å². The van der Waals surface area contributed by atoms with Gasteiger partial charge in [0.2, 0.25) is 5.91 Å². The molecule has 0 unspecified atom stereocenters. The monoisotopic (exact) mass is 359 g/mol. The molecule has 2 atom stereocenters. The molecule has 3 fully saturated rings. The van der Waals surface area contributed by atoms with Gasteiger partial charge in [0.25, 0.3) is 0 Å². The quantitative estimate of drug-likeness (QED) is 0.842. The van der Waals surface area contributed by atoms with Crippen LogP contribution in [0.4, 0.5) is 4.39 Å². The van der Waals surface area contributed by atoms with Gasteiger partial charge in [-0.2, -0.15) is 0 Å². The van der Waals surface area contributed by atoms with E-state index in [4.69, 9.17) is 0 Å². The maximum Gasteiger partial charge on any atom is 0.227 e. The van der Waals surface area contributed by atoms with Crippen molar-refractivity contribution >= 4 is 17.2 Å². The van der Waals surface area contributed by atoms with Gasteiger partial charge in [0.05, 0.1) is 17.6 Å². The summed E-state index contributed by atoms with van der Waals surface area (Å²) in [5, 5.41) is 2.10. The Hall–Kier alpha value is -1.79. The minimum absolute atomic E-state index is 0.121. The molecule has 4 heterocycles. The summed E-state index contributed by atoms with van der Waals surface area (Å²) in [5.74, 6) is 0.363. The van der Waals surface area contributed by atoms with E-state index in [0.29, 0.717) is 5.92 Å². The van der Waals surface area contributed by atoms with Gasteiger partial charge in [-0.05, 0) is 36.5 Å². The third-order valence-electron chi connectivity index (χ3n) is 5.22. The predicted octanol–water partition coefficient (Wildman–Crippen LogP) is 2.95. The molecule has 2 bridgehead atoms. The van der Waals surface area contributed by atoms with E-state index in [1.54, 1.807) is 17.4 Å². The summed E-state index contributed by atoms with van der Waals surface area (Å²) in [5.41, 5.74) is 3.74. The molecule has 0 N–H and O–H groups in total. The topological polar surface area (TPSA) is 36.4 Å². The molecule has 0 aliphatic carbocycles. The van der Waals surface area contributed by atoms with Crippen molar-refractivity contribution in [2.45, 2.75) is 31.8 Å². The van der Waals surface area contributed by atoms with Gasteiger partial charge in [0.1, 0.15) is 5.82 Å². The zero-order chi connectivity index (χ0) is 17.2. The van der Waals surface area contributed by atoms with Crippen LogP contribution in [0.2, 0.25) is 0 Å². The summed E-state index contributed by atoms with van der Waals surface area (Å²) >= 11 is 1.63. The smallest absolute Gasteiger partial charge is 0.227 e. The molecule has 6 heteroatoms. The maximum absolute atomic E-state index is 13.4. The molecule has 1 aromatic heterocycles. The van der Waals surface area contributed by atoms with E-state index in [2.05, 4.69) is 15.3 Å². The molecule has 132 valence electrons. The maximum atomic E-state index is 13.4. The molecule has 2 aromatic rings. The molecule has 1 amide bonds. The molecule has 3 saturated heterocycles. The van der Waals surface area contributed by atoms with E-state index < -0.39 is 0 Å². The average Bonchev–Trinajstić information content (AvgIpc) is 2.94. The number of hydrogen-bond donors (Lipinski definition) is 0. The molecule has 25 heavy (non-hydrogen) atoms. The van der Waals surface area contributed by atoms with E-state index in [1.807, 2.05) is 16.5 Å². The highest BCUT2D eigenvalue weighted by molar-refractivity contribution is 7.07. The van der Waals surface area contributed by atoms with E-state index >= 15 is 0 Å². The van der Waals surface area contributed by atoms with Crippen LogP contribution in [0.25, 0.3) is 0 Å². The molecular formula is C19H22FN3OS. The van der Waals surface area contributed by atoms with Crippen LogP contribution in [-0.2, 0) is 17.8 Å². The number of carbonyl (C=O) groups excluding carboxylic acids is 1. The number of aromatic nitrogens is 1. The number of thiazole rings is 1. The normalized spacial score (nSPS) is 23.6. The fourth-order valence-electron chi connectivity index (χ4n) is 4.08. The summed E-state index contributed by atoms with van der Waals surface area (Å²) in [4.78, 5) is 21.7. The van der Waals surface area contributed by atoms with Crippen LogP contribution in [0, 0.1) is 11.7 Å². The summed E-state index contributed by atoms with van der Waals surface area (Å²) in [6.07, 6.45) is 2.53. The van der Waals surface area contributed by atoms with E-state index in [9.17, 15) is 9.18 Å². The highest BCUT2D eigenvalue weighted by Gasteiger charge is 2.37. The van der Waals surface area contributed by atoms with E-state index in [1.165, 1.54) is 18.6 Å². The minimum Gasteiger partial charge on any atom is -0.338 e. The fourth-order valence-corrected chi connectivity index (χ4v) is 4.63. The lowest BCUT2D eigenvalue weighted by Crippen LogP contribution is -2.48. The third-order valence-corrected chi connectivity index (χ3v) is 5.86. The number of rotatable bonds is 4. The van der Waals surface area contributed by atoms with Crippen molar-refractivity contribution < 1.29 is 9.18 Å². The first kappa shape index (κ1) is 16.7. The van der Waals surface area contributed by atoms with Crippen molar-refractivity contribution in [1.82, 2.24) is 14.8 Å². The zero-order valence-electron chi connectivity index (χ0n) is 14.1. The van der Waals surface area contributed by atoms with Crippen molar-refractivity contribution in [3.8, 4) is 0 Å². The van der Waals surface area contributed by atoms with Crippen LogP contribution in [0.15, 0.2) is 35.2 Å². The SMILES string of the molecule is O=C(Cc1cccc(F)c1)N1C[C@@H]2CC[C@H]1CN(Cc1cscn1)C2. The van der Waals surface area contributed by atoms with Crippen LogP contribution in [0.5, 0.6) is 0 Å². The summed E-state index contributed by atoms with van der Waals surface area (Å²) in [6, 6.07) is 6.63. The van der Waals surface area contributed by atoms with Gasteiger partial charge in [-0.25, -0.2) is 9.37 Å². The molecule has 3 aliphatic rings. The van der Waals surface area contributed by atoms with Crippen molar-refractivity contribution in [2.24, 2.45) is 5.92 Å². The van der Waals surface area contributed by atoms with Crippen LogP contribution in [-0.4, -0.2) is 46.4 Å². The third kappa shape index (κ3) is 3.90. The van der Waals surface area contributed by atoms with Crippen LogP contribution in [0.3, 0.4) is 0 Å². The summed E-state index contributed by atoms with van der Waals surface area (Å²) < 4.78 is 13.4. The molecule has 4 nitrogen and oxygen atoms in total. The second-order valence-corrected chi connectivity index (χ2v) is 7.84. The number of hydrogen-bond acceptors (Lipinski definition) is 4. The Morgan fingerprint density at radius 3 is 3.00 bits per heavy atom. The number of carbonyl (C=O) groups is 1. The lowest BCUT2D eigenvalue weighted by Gasteiger charge is -2.36. The van der Waals surface area contributed by atoms with Crippen molar-refractivity contribution in [1.29, 1.82) is 0 Å². The Labute approximate surface area is 151 Å². The molecule has 0 radical (unpaired) electrons. The van der Waals surface area contributed by atoms with Gasteiger partial charge < -0.3 is 4.90 Å². The lowest BCUT2D eigenvalue weighted by molar-refractivity contribution is -0.134. The van der Waals surface area contributed by atoms with Crippen LogP contribution < -0.4 is 0 Å². The molecule has 0 spiro atoms. The largest absolute Gasteiger partial charge is 0.338 e. The van der Waals surface area contributed by atoms with Gasteiger partial charge in [-0.3, -0.25) is 9.69 Å². The number of benzene rings is 1. The lowest BCUT2D eigenvalue weighted by atomic mass is 9.94. The van der Waals surface area contributed by atoms with Crippen molar-refractivity contribution in [3.05, 3.63) is 52.2 Å². The number of fused-ring (bicyclic) bond motifs is 4. The number of nitrogens with zero attached hydrogens (tertiary/aromatic N) is 3. The second-order valence-electron chi connectivity index (χ2n) is 7.12. The molecular weight excluding hydrogens is 337 g/mol. The Kier molecular flexibility index (Phi) is 4.81. The van der Waals surface area contributed by atoms with Crippen molar-refractivity contribution in [2.75, 3.05) is 19.6 Å². The predicted molar refractivity (Wildman–Crippen MR) is 95.7 cm³/mol. The first-order valence-corrected chi connectivity index (χ1v) is 9.75. The molecule has 3 aliphatic heterocycles. The average molecular weight is 359 g/mol. The van der Waals surface area contributed by atoms with Gasteiger partial charge >= 0.3 is 0 Å². The number of amides is 1. The minimum atomic E-state index is -0.280. The van der Waals surface area contributed by atoms with Gasteiger partial charge in [0.15, 0.2) is 0 Å². The summed E-state index contributed by atoms with van der Waals surface area (Å²) in [6.45, 7) is 3.62. The van der Waals surface area contributed by atoms with E-state index in [0.717, 1.165) is 43.9 Å². The Morgan fingerprint density at radius 2 is 2.20 bits per heavy atom. The molecule has 1 aromatic carbocycles. The number of halogens is 1. The Morgan fingerprint density at radius 1 is 1.28 bits per heavy atom. The summed E-state index contributed by atoms with van der Waals surface area (Å²) in [7, 11) is 0. The van der Waals surface area contributed by atoms with Gasteiger partial charge in [0, 0.05) is 37.6 Å². The Balaban J connectivity index is 1.44. The standard InChI is InChI=1S/C19H22FN3OS/c20-16-3-1-2-14(6-16)7-19(24)23-9-15-4-5-18(23)11-22(8-15)10-17-12-25-13-21-17/h1-3,6,12-13,15,18H,4-5,7-11H2/t15-,18+/m1/s1. The van der Waals surface area contributed by atoms with Crippen molar-refractivity contribution in [3.63, 3.8) is 0 Å². The van der Waals surface area contributed by atoms with Gasteiger partial charge in [-0.15, -0.1) is 11.3 Å². The highest BCUT2D eigenvalue weighted by Crippen LogP contribution is 2.29. The molecule has 5 rings (SSSR count). The molecule has 0 saturated carbocycles. The zero-order valence-corrected chi connectivity index (χ0v) is 14.9. The Bertz CT molecular complexity index is 736. The fraction of sp³-hybridized carbons (Fsp3) is 0.474. The first-order valence-electron chi connectivity index (χ1n) is 8.80. The van der Waals surface area contributed by atoms with Crippen LogP contribution >= 0.6 is 11.3 Å². The number of piperidine rings is 1. The van der Waals surface area contributed by atoms with E-state index in [-0.39, 0.29) is 24.2 Å². The second kappa shape index (κ2) is 7.22. The van der Waals surface area contributed by atoms with Gasteiger partial charge in [-0.1, -0.05) is 12.1 Å². The highest BCUT2D eigenvalue weighted by atomic mass is 32.1.